The Hall–Kier alpha value is -1.69. The van der Waals surface area contributed by atoms with Gasteiger partial charge < -0.3 is 9.64 Å². The van der Waals surface area contributed by atoms with E-state index in [0.29, 0.717) is 31.6 Å². The van der Waals surface area contributed by atoms with Crippen LogP contribution in [0.5, 0.6) is 0 Å². The highest BCUT2D eigenvalue weighted by molar-refractivity contribution is 5.79. The molecule has 3 heterocycles. The van der Waals surface area contributed by atoms with Crippen LogP contribution in [0, 0.1) is 11.8 Å². The monoisotopic (exact) mass is 331 g/mol. The number of nitrogens with zero attached hydrogens (tertiary/aromatic N) is 3. The average Bonchev–Trinajstić information content (AvgIpc) is 3.31. The van der Waals surface area contributed by atoms with Crippen LogP contribution in [0.2, 0.25) is 0 Å². The van der Waals surface area contributed by atoms with E-state index in [-0.39, 0.29) is 17.4 Å². The van der Waals surface area contributed by atoms with Gasteiger partial charge in [0.2, 0.25) is 5.91 Å². The molecule has 6 heteroatoms. The highest BCUT2D eigenvalue weighted by Gasteiger charge is 2.31. The Morgan fingerprint density at radius 1 is 1.17 bits per heavy atom. The van der Waals surface area contributed by atoms with E-state index in [1.165, 1.54) is 12.8 Å². The lowest BCUT2D eigenvalue weighted by Crippen LogP contribution is -2.43. The Balaban J connectivity index is 1.34. The fourth-order valence-electron chi connectivity index (χ4n) is 3.76. The summed E-state index contributed by atoms with van der Waals surface area (Å²) in [4.78, 5) is 26.5. The molecule has 1 atom stereocenters. The molecule has 3 fully saturated rings. The van der Waals surface area contributed by atoms with Crippen LogP contribution >= 0.6 is 0 Å². The molecule has 0 spiro atoms. The fraction of sp³-hybridized carbons (Fsp3) is 0.722. The molecule has 6 nitrogen and oxygen atoms in total. The molecular weight excluding hydrogens is 306 g/mol. The lowest BCUT2D eigenvalue weighted by atomic mass is 9.95. The van der Waals surface area contributed by atoms with Gasteiger partial charge in [-0.1, -0.05) is 0 Å². The summed E-state index contributed by atoms with van der Waals surface area (Å²) in [5.41, 5.74) is 1.05. The van der Waals surface area contributed by atoms with Crippen molar-refractivity contribution in [2.24, 2.45) is 11.8 Å². The molecule has 1 saturated carbocycles. The maximum absolute atomic E-state index is 12.4. The van der Waals surface area contributed by atoms with E-state index in [9.17, 15) is 9.59 Å². The van der Waals surface area contributed by atoms with Crippen LogP contribution in [0.25, 0.3) is 0 Å². The van der Waals surface area contributed by atoms with Crippen molar-refractivity contribution in [2.75, 3.05) is 26.3 Å². The number of hydrogen-bond donors (Lipinski definition) is 0. The third-order valence-corrected chi connectivity index (χ3v) is 5.52. The lowest BCUT2D eigenvalue weighted by molar-refractivity contribution is -0.137. The molecule has 1 aromatic rings. The molecule has 0 radical (unpaired) electrons. The summed E-state index contributed by atoms with van der Waals surface area (Å²) < 4.78 is 6.96. The summed E-state index contributed by atoms with van der Waals surface area (Å²) in [6.45, 7) is 3.53. The van der Waals surface area contributed by atoms with Gasteiger partial charge in [0.25, 0.3) is 5.56 Å². The summed E-state index contributed by atoms with van der Waals surface area (Å²) in [5, 5.41) is 4.55. The number of carbonyl (C=O) groups excluding carboxylic acids is 1. The van der Waals surface area contributed by atoms with Crippen LogP contribution in [-0.2, 0) is 16.1 Å². The van der Waals surface area contributed by atoms with E-state index in [1.54, 1.807) is 10.7 Å². The van der Waals surface area contributed by atoms with Crippen LogP contribution in [0.4, 0.5) is 0 Å². The molecule has 0 N–H and O–H groups in total. The molecule has 2 aliphatic heterocycles. The van der Waals surface area contributed by atoms with Crippen LogP contribution in [0.3, 0.4) is 0 Å². The van der Waals surface area contributed by atoms with Crippen molar-refractivity contribution >= 4 is 5.91 Å². The highest BCUT2D eigenvalue weighted by atomic mass is 16.5. The fourth-order valence-corrected chi connectivity index (χ4v) is 3.76. The van der Waals surface area contributed by atoms with Crippen molar-refractivity contribution in [3.8, 4) is 0 Å². The molecule has 2 saturated heterocycles. The third kappa shape index (κ3) is 3.38. The normalized spacial score (nSPS) is 25.2. The van der Waals surface area contributed by atoms with Gasteiger partial charge in [0, 0.05) is 38.2 Å². The number of rotatable bonds is 4. The third-order valence-electron chi connectivity index (χ3n) is 5.52. The maximum Gasteiger partial charge on any atom is 0.266 e. The SMILES string of the molecule is O=C(C1CCOC1)N1CCC(Cn2nc(C3CC3)ccc2=O)CC1. The van der Waals surface area contributed by atoms with Crippen molar-refractivity contribution in [3.63, 3.8) is 0 Å². The minimum Gasteiger partial charge on any atom is -0.381 e. The van der Waals surface area contributed by atoms with E-state index in [0.717, 1.165) is 38.0 Å². The van der Waals surface area contributed by atoms with Gasteiger partial charge in [0.1, 0.15) is 0 Å². The van der Waals surface area contributed by atoms with E-state index < -0.39 is 0 Å². The van der Waals surface area contributed by atoms with Gasteiger partial charge in [-0.25, -0.2) is 4.68 Å². The van der Waals surface area contributed by atoms with Gasteiger partial charge in [0.05, 0.1) is 18.2 Å². The molecule has 0 bridgehead atoms. The van der Waals surface area contributed by atoms with E-state index >= 15 is 0 Å². The van der Waals surface area contributed by atoms with Gasteiger partial charge in [-0.05, 0) is 44.1 Å². The second-order valence-electron chi connectivity index (χ2n) is 7.38. The largest absolute Gasteiger partial charge is 0.381 e. The van der Waals surface area contributed by atoms with Crippen LogP contribution in [0.1, 0.15) is 43.7 Å². The summed E-state index contributed by atoms with van der Waals surface area (Å²) >= 11 is 0. The van der Waals surface area contributed by atoms with Gasteiger partial charge in [-0.15, -0.1) is 0 Å². The Bertz CT molecular complexity index is 654. The number of amides is 1. The molecule has 4 rings (SSSR count). The van der Waals surface area contributed by atoms with E-state index in [1.807, 2.05) is 11.0 Å². The summed E-state index contributed by atoms with van der Waals surface area (Å²) in [6.07, 6.45) is 5.13. The van der Waals surface area contributed by atoms with E-state index in [2.05, 4.69) is 5.10 Å². The standard InChI is InChI=1S/C18H25N3O3/c22-17-4-3-16(14-1-2-14)19-21(17)11-13-5-8-20(9-6-13)18(23)15-7-10-24-12-15/h3-4,13-15H,1-2,5-12H2. The number of carbonyl (C=O) groups is 1. The van der Waals surface area contributed by atoms with Gasteiger partial charge >= 0.3 is 0 Å². The van der Waals surface area contributed by atoms with Crippen molar-refractivity contribution in [3.05, 3.63) is 28.2 Å². The quantitative estimate of drug-likeness (QED) is 0.836. The number of hydrogen-bond acceptors (Lipinski definition) is 4. The molecule has 0 aromatic carbocycles. The first-order valence-corrected chi connectivity index (χ1v) is 9.15. The minimum absolute atomic E-state index is 0.0130. The predicted molar refractivity (Wildman–Crippen MR) is 88.7 cm³/mol. The van der Waals surface area contributed by atoms with Crippen molar-refractivity contribution in [1.29, 1.82) is 0 Å². The zero-order valence-electron chi connectivity index (χ0n) is 14.0. The van der Waals surface area contributed by atoms with Crippen LogP contribution < -0.4 is 5.56 Å². The van der Waals surface area contributed by atoms with Crippen molar-refractivity contribution < 1.29 is 9.53 Å². The van der Waals surface area contributed by atoms with Crippen LogP contribution in [-0.4, -0.2) is 46.9 Å². The molecule has 130 valence electrons. The van der Waals surface area contributed by atoms with Gasteiger partial charge in [0.15, 0.2) is 0 Å². The molecule has 24 heavy (non-hydrogen) atoms. The molecule has 1 unspecified atom stereocenters. The van der Waals surface area contributed by atoms with E-state index in [4.69, 9.17) is 4.74 Å². The second kappa shape index (κ2) is 6.67. The Kier molecular flexibility index (Phi) is 4.39. The topological polar surface area (TPSA) is 64.4 Å². The maximum atomic E-state index is 12.4. The Morgan fingerprint density at radius 2 is 1.96 bits per heavy atom. The average molecular weight is 331 g/mol. The molecule has 1 amide bonds. The summed E-state index contributed by atoms with van der Waals surface area (Å²) in [7, 11) is 0. The first-order valence-electron chi connectivity index (χ1n) is 9.15. The first kappa shape index (κ1) is 15.8. The predicted octanol–water partition coefficient (Wildman–Crippen LogP) is 1.40. The second-order valence-corrected chi connectivity index (χ2v) is 7.38. The molecule has 1 aromatic heterocycles. The number of ether oxygens (including phenoxy) is 1. The van der Waals surface area contributed by atoms with Crippen LogP contribution in [0.15, 0.2) is 16.9 Å². The van der Waals surface area contributed by atoms with Gasteiger partial charge in [-0.3, -0.25) is 9.59 Å². The zero-order chi connectivity index (χ0) is 16.5. The minimum atomic E-state index is -0.0130. The lowest BCUT2D eigenvalue weighted by Gasteiger charge is -2.33. The number of likely N-dealkylation sites (tertiary alicyclic amines) is 1. The molecular formula is C18H25N3O3. The van der Waals surface area contributed by atoms with Crippen molar-refractivity contribution in [2.45, 2.75) is 44.6 Å². The summed E-state index contributed by atoms with van der Waals surface area (Å²) in [6, 6.07) is 3.53. The van der Waals surface area contributed by atoms with Gasteiger partial charge in [-0.2, -0.15) is 5.10 Å². The first-order chi connectivity index (χ1) is 11.7. The Labute approximate surface area is 141 Å². The summed E-state index contributed by atoms with van der Waals surface area (Å²) in [5.74, 6) is 1.29. The number of aromatic nitrogens is 2. The zero-order valence-corrected chi connectivity index (χ0v) is 14.0. The molecule has 1 aliphatic carbocycles. The van der Waals surface area contributed by atoms with Crippen molar-refractivity contribution in [1.82, 2.24) is 14.7 Å². The Morgan fingerprint density at radius 3 is 2.62 bits per heavy atom. The smallest absolute Gasteiger partial charge is 0.266 e. The number of piperidine rings is 1. The highest BCUT2D eigenvalue weighted by Crippen LogP contribution is 2.38. The molecule has 3 aliphatic rings.